The van der Waals surface area contributed by atoms with E-state index in [4.69, 9.17) is 0 Å². The molecule has 0 atom stereocenters. The summed E-state index contributed by atoms with van der Waals surface area (Å²) < 4.78 is 27.5. The van der Waals surface area contributed by atoms with Gasteiger partial charge >= 0.3 is 0 Å². The highest BCUT2D eigenvalue weighted by molar-refractivity contribution is 7.89. The number of nitrogens with one attached hydrogen (secondary N) is 1. The highest BCUT2D eigenvalue weighted by Crippen LogP contribution is 2.46. The van der Waals surface area contributed by atoms with E-state index in [1.807, 2.05) is 19.9 Å². The molecule has 0 aromatic heterocycles. The van der Waals surface area contributed by atoms with Crippen molar-refractivity contribution in [3.63, 3.8) is 0 Å². The molecule has 4 rings (SSSR count). The third-order valence-electron chi connectivity index (χ3n) is 6.98. The van der Waals surface area contributed by atoms with Crippen LogP contribution in [0, 0.1) is 19.3 Å². The Morgan fingerprint density at radius 3 is 2.31 bits per heavy atom. The number of quaternary nitrogens is 1. The van der Waals surface area contributed by atoms with Gasteiger partial charge in [-0.3, -0.25) is 9.59 Å². The minimum Gasteiger partial charge on any atom is -0.315 e. The summed E-state index contributed by atoms with van der Waals surface area (Å²) in [4.78, 5) is 28.2. The standard InChI is InChI=1S/C21H29N3O4S/c1-16-5-6-18(13-17(16)2)29(27,28)23-11-9-22(10-12-23)15-24-19(25)14-21(20(24)26)7-3-4-8-21/h5-6,13H,3-4,7-12,14-15H2,1-2H3/p+1. The Bertz CT molecular complexity index is 929. The Hall–Kier alpha value is -1.77. The molecule has 2 saturated heterocycles. The number of hydrogen-bond donors (Lipinski definition) is 1. The van der Waals surface area contributed by atoms with Gasteiger partial charge in [0.05, 0.1) is 36.5 Å². The summed E-state index contributed by atoms with van der Waals surface area (Å²) >= 11 is 0. The van der Waals surface area contributed by atoms with Crippen molar-refractivity contribution in [3.8, 4) is 0 Å². The fourth-order valence-corrected chi connectivity index (χ4v) is 6.44. The molecule has 0 bridgehead atoms. The van der Waals surface area contributed by atoms with Gasteiger partial charge in [0.15, 0.2) is 6.67 Å². The monoisotopic (exact) mass is 420 g/mol. The van der Waals surface area contributed by atoms with E-state index in [1.54, 1.807) is 12.1 Å². The molecule has 1 saturated carbocycles. The fraction of sp³-hybridized carbons (Fsp3) is 0.619. The zero-order valence-electron chi connectivity index (χ0n) is 17.2. The van der Waals surface area contributed by atoms with Crippen molar-refractivity contribution in [2.75, 3.05) is 32.8 Å². The van der Waals surface area contributed by atoms with Crippen molar-refractivity contribution in [1.82, 2.24) is 9.21 Å². The number of piperazine rings is 1. The molecule has 158 valence electrons. The molecule has 1 N–H and O–H groups in total. The lowest BCUT2D eigenvalue weighted by Gasteiger charge is -2.33. The van der Waals surface area contributed by atoms with E-state index in [1.165, 1.54) is 9.21 Å². The normalized spacial score (nSPS) is 23.4. The second kappa shape index (κ2) is 7.49. The fourth-order valence-electron chi connectivity index (χ4n) is 4.91. The first-order chi connectivity index (χ1) is 13.7. The van der Waals surface area contributed by atoms with Crippen molar-refractivity contribution in [1.29, 1.82) is 0 Å². The van der Waals surface area contributed by atoms with Crippen molar-refractivity contribution in [2.24, 2.45) is 5.41 Å². The Morgan fingerprint density at radius 1 is 1.03 bits per heavy atom. The molecular weight excluding hydrogens is 390 g/mol. The summed E-state index contributed by atoms with van der Waals surface area (Å²) in [5, 5.41) is 0. The van der Waals surface area contributed by atoms with E-state index in [9.17, 15) is 18.0 Å². The number of nitrogens with zero attached hydrogens (tertiary/aromatic N) is 2. The number of likely N-dealkylation sites (tertiary alicyclic amines) is 1. The van der Waals surface area contributed by atoms with Crippen LogP contribution in [-0.4, -0.2) is 62.3 Å². The Balaban J connectivity index is 1.39. The summed E-state index contributed by atoms with van der Waals surface area (Å²) in [6.45, 7) is 6.21. The second-order valence-electron chi connectivity index (χ2n) is 8.85. The maximum absolute atomic E-state index is 13.0. The molecule has 8 heteroatoms. The van der Waals surface area contributed by atoms with E-state index in [0.29, 0.717) is 44.2 Å². The van der Waals surface area contributed by atoms with Crippen molar-refractivity contribution < 1.29 is 22.9 Å². The van der Waals surface area contributed by atoms with Gasteiger partial charge in [0.2, 0.25) is 21.8 Å². The van der Waals surface area contributed by atoms with Crippen LogP contribution < -0.4 is 4.90 Å². The first-order valence-corrected chi connectivity index (χ1v) is 11.9. The van der Waals surface area contributed by atoms with E-state index in [-0.39, 0.29) is 11.8 Å². The number of sulfonamides is 1. The largest absolute Gasteiger partial charge is 0.315 e. The number of imide groups is 1. The molecule has 2 amide bonds. The van der Waals surface area contributed by atoms with Crippen LogP contribution in [0.5, 0.6) is 0 Å². The third-order valence-corrected chi connectivity index (χ3v) is 8.87. The molecule has 1 aromatic rings. The van der Waals surface area contributed by atoms with E-state index in [2.05, 4.69) is 0 Å². The minimum atomic E-state index is -3.52. The van der Waals surface area contributed by atoms with E-state index >= 15 is 0 Å². The number of carbonyl (C=O) groups excluding carboxylic acids is 2. The summed E-state index contributed by atoms with van der Waals surface area (Å²) in [7, 11) is -3.52. The molecule has 3 aliphatic rings. The number of carbonyl (C=O) groups is 2. The summed E-state index contributed by atoms with van der Waals surface area (Å²) in [5.74, 6) is -0.0627. The summed E-state index contributed by atoms with van der Waals surface area (Å²) in [6, 6.07) is 5.24. The lowest BCUT2D eigenvalue weighted by molar-refractivity contribution is -0.910. The Kier molecular flexibility index (Phi) is 5.29. The van der Waals surface area contributed by atoms with Gasteiger partial charge in [0.1, 0.15) is 0 Å². The van der Waals surface area contributed by atoms with Gasteiger partial charge in [-0.25, -0.2) is 13.3 Å². The van der Waals surface area contributed by atoms with Gasteiger partial charge in [-0.1, -0.05) is 18.9 Å². The van der Waals surface area contributed by atoms with Gasteiger partial charge in [0.25, 0.3) is 0 Å². The lowest BCUT2D eigenvalue weighted by atomic mass is 9.85. The van der Waals surface area contributed by atoms with E-state index in [0.717, 1.165) is 41.7 Å². The predicted molar refractivity (Wildman–Crippen MR) is 108 cm³/mol. The lowest BCUT2D eigenvalue weighted by Crippen LogP contribution is -3.16. The first-order valence-electron chi connectivity index (χ1n) is 10.5. The molecule has 2 heterocycles. The van der Waals surface area contributed by atoms with Crippen molar-refractivity contribution in [3.05, 3.63) is 29.3 Å². The van der Waals surface area contributed by atoms with Crippen LogP contribution in [0.3, 0.4) is 0 Å². The Morgan fingerprint density at radius 2 is 1.69 bits per heavy atom. The molecule has 2 aliphatic heterocycles. The van der Waals surface area contributed by atoms with Crippen molar-refractivity contribution in [2.45, 2.75) is 50.8 Å². The van der Waals surface area contributed by atoms with Gasteiger partial charge in [-0.2, -0.15) is 4.31 Å². The molecule has 7 nitrogen and oxygen atoms in total. The zero-order chi connectivity index (χ0) is 20.8. The van der Waals surface area contributed by atoms with Crippen LogP contribution in [0.25, 0.3) is 0 Å². The molecule has 1 aromatic carbocycles. The maximum Gasteiger partial charge on any atom is 0.243 e. The highest BCUT2D eigenvalue weighted by atomic mass is 32.2. The Labute approximate surface area is 172 Å². The average molecular weight is 421 g/mol. The third kappa shape index (κ3) is 3.62. The maximum atomic E-state index is 13.0. The first kappa shape index (κ1) is 20.5. The minimum absolute atomic E-state index is 0.00215. The zero-order valence-corrected chi connectivity index (χ0v) is 18.1. The number of rotatable bonds is 4. The van der Waals surface area contributed by atoms with Crippen LogP contribution in [0.2, 0.25) is 0 Å². The summed E-state index contributed by atoms with van der Waals surface area (Å²) in [6.07, 6.45) is 4.05. The molecule has 1 spiro atoms. The van der Waals surface area contributed by atoms with Gasteiger partial charge < -0.3 is 4.90 Å². The van der Waals surface area contributed by atoms with Crippen LogP contribution in [0.15, 0.2) is 23.1 Å². The topological polar surface area (TPSA) is 79.2 Å². The van der Waals surface area contributed by atoms with Gasteiger partial charge in [-0.05, 0) is 49.9 Å². The van der Waals surface area contributed by atoms with Crippen LogP contribution >= 0.6 is 0 Å². The number of amides is 2. The molecule has 29 heavy (non-hydrogen) atoms. The number of benzene rings is 1. The molecule has 3 fully saturated rings. The van der Waals surface area contributed by atoms with Crippen LogP contribution in [0.4, 0.5) is 0 Å². The molecule has 0 radical (unpaired) electrons. The quantitative estimate of drug-likeness (QED) is 0.719. The van der Waals surface area contributed by atoms with Gasteiger partial charge in [0, 0.05) is 6.42 Å². The SMILES string of the molecule is Cc1ccc(S(=O)(=O)N2CC[NH+](CN3C(=O)CC4(CCCC4)C3=O)CC2)cc1C. The number of aryl methyl sites for hydroxylation is 2. The van der Waals surface area contributed by atoms with Crippen LogP contribution in [0.1, 0.15) is 43.2 Å². The van der Waals surface area contributed by atoms with Crippen molar-refractivity contribution >= 4 is 21.8 Å². The molecule has 1 aliphatic carbocycles. The average Bonchev–Trinajstić information content (AvgIpc) is 3.25. The molecular formula is C21H30N3O4S+. The van der Waals surface area contributed by atoms with Crippen LogP contribution in [-0.2, 0) is 19.6 Å². The highest BCUT2D eigenvalue weighted by Gasteiger charge is 2.53. The number of hydrogen-bond acceptors (Lipinski definition) is 4. The molecule has 0 unspecified atom stereocenters. The summed E-state index contributed by atoms with van der Waals surface area (Å²) in [5.41, 5.74) is 1.59. The van der Waals surface area contributed by atoms with E-state index < -0.39 is 15.4 Å². The second-order valence-corrected chi connectivity index (χ2v) is 10.8. The predicted octanol–water partition coefficient (Wildman–Crippen LogP) is 0.469. The van der Waals surface area contributed by atoms with Gasteiger partial charge in [-0.15, -0.1) is 0 Å². The smallest absolute Gasteiger partial charge is 0.243 e.